The lowest BCUT2D eigenvalue weighted by Crippen LogP contribution is -2.40. The monoisotopic (exact) mass is 292 g/mol. The van der Waals surface area contributed by atoms with Crippen molar-refractivity contribution in [3.05, 3.63) is 34.3 Å². The summed E-state index contributed by atoms with van der Waals surface area (Å²) in [5, 5.41) is 3.42. The van der Waals surface area contributed by atoms with Gasteiger partial charge in [0.15, 0.2) is 5.58 Å². The third-order valence-corrected chi connectivity index (χ3v) is 3.81. The fourth-order valence-corrected chi connectivity index (χ4v) is 2.73. The number of aromatic nitrogens is 1. The van der Waals surface area contributed by atoms with E-state index in [4.69, 9.17) is 13.9 Å². The molecule has 0 spiro atoms. The molecule has 1 aromatic carbocycles. The molecule has 6 heteroatoms. The first kappa shape index (κ1) is 14.3. The van der Waals surface area contributed by atoms with Crippen molar-refractivity contribution in [3.8, 4) is 0 Å². The summed E-state index contributed by atoms with van der Waals surface area (Å²) in [5.74, 6) is -0.348. The Balaban J connectivity index is 1.96. The minimum absolute atomic E-state index is 0.0187. The van der Waals surface area contributed by atoms with Crippen molar-refractivity contribution >= 4 is 11.1 Å². The topological polar surface area (TPSA) is 65.6 Å². The van der Waals surface area contributed by atoms with Crippen LogP contribution in [0.2, 0.25) is 0 Å². The highest BCUT2D eigenvalue weighted by molar-refractivity contribution is 5.73. The lowest BCUT2D eigenvalue weighted by Gasteiger charge is -2.31. The van der Waals surface area contributed by atoms with E-state index in [1.807, 2.05) is 18.2 Å². The van der Waals surface area contributed by atoms with Gasteiger partial charge in [-0.05, 0) is 24.2 Å². The molecular formula is C15H20N2O4. The summed E-state index contributed by atoms with van der Waals surface area (Å²) in [4.78, 5) is 11.6. The zero-order valence-electron chi connectivity index (χ0n) is 12.3. The van der Waals surface area contributed by atoms with Crippen molar-refractivity contribution in [3.63, 3.8) is 0 Å². The minimum atomic E-state index is -0.348. The molecule has 6 nitrogen and oxygen atoms in total. The van der Waals surface area contributed by atoms with E-state index in [9.17, 15) is 4.79 Å². The molecule has 1 aliphatic heterocycles. The molecule has 2 heterocycles. The lowest BCUT2D eigenvalue weighted by molar-refractivity contribution is -0.102. The maximum Gasteiger partial charge on any atom is 0.419 e. The Morgan fingerprint density at radius 2 is 2.29 bits per heavy atom. The van der Waals surface area contributed by atoms with E-state index in [1.54, 1.807) is 7.05 Å². The molecule has 0 aliphatic carbocycles. The first-order valence-electron chi connectivity index (χ1n) is 7.23. The van der Waals surface area contributed by atoms with Gasteiger partial charge in [0.2, 0.25) is 0 Å². The van der Waals surface area contributed by atoms with Crippen LogP contribution in [0.25, 0.3) is 11.1 Å². The number of nitrogens with zero attached hydrogens (tertiary/aromatic N) is 1. The van der Waals surface area contributed by atoms with Crippen LogP contribution >= 0.6 is 0 Å². The molecular weight excluding hydrogens is 272 g/mol. The first-order valence-corrected chi connectivity index (χ1v) is 7.23. The van der Waals surface area contributed by atoms with E-state index in [-0.39, 0.29) is 17.9 Å². The predicted molar refractivity (Wildman–Crippen MR) is 78.4 cm³/mol. The molecule has 1 aromatic heterocycles. The molecule has 1 N–H and O–H groups in total. The number of oxazole rings is 1. The molecule has 3 rings (SSSR count). The van der Waals surface area contributed by atoms with Crippen LogP contribution in [0.4, 0.5) is 0 Å². The molecule has 1 fully saturated rings. The van der Waals surface area contributed by atoms with E-state index in [2.05, 4.69) is 12.2 Å². The SMILES string of the molecule is CCNC(c1ccc2c(c1)oc(=O)n2C)C1COCCO1. The second-order valence-electron chi connectivity index (χ2n) is 5.17. The number of likely N-dealkylation sites (N-methyl/N-ethyl adjacent to an activating group) is 1. The number of ether oxygens (including phenoxy) is 2. The van der Waals surface area contributed by atoms with E-state index in [0.717, 1.165) is 17.6 Å². The standard InChI is InChI=1S/C15H20N2O4/c1-3-16-14(13-9-19-6-7-20-13)10-4-5-11-12(8-10)21-15(18)17(11)2/h4-5,8,13-14,16H,3,6-7,9H2,1-2H3. The number of nitrogens with one attached hydrogen (secondary N) is 1. The molecule has 2 atom stereocenters. The van der Waals surface area contributed by atoms with Crippen molar-refractivity contribution in [1.82, 2.24) is 9.88 Å². The second kappa shape index (κ2) is 6.01. The summed E-state index contributed by atoms with van der Waals surface area (Å²) in [5.41, 5.74) is 2.42. The molecule has 1 saturated heterocycles. The normalized spacial score (nSPS) is 20.8. The summed E-state index contributed by atoms with van der Waals surface area (Å²) in [6.07, 6.45) is -0.0356. The maximum atomic E-state index is 11.6. The van der Waals surface area contributed by atoms with Crippen LogP contribution < -0.4 is 11.1 Å². The van der Waals surface area contributed by atoms with Crippen molar-refractivity contribution < 1.29 is 13.9 Å². The lowest BCUT2D eigenvalue weighted by atomic mass is 10.0. The van der Waals surface area contributed by atoms with Crippen LogP contribution in [0.1, 0.15) is 18.5 Å². The quantitative estimate of drug-likeness (QED) is 0.917. The average Bonchev–Trinajstić information content (AvgIpc) is 2.80. The fourth-order valence-electron chi connectivity index (χ4n) is 2.73. The average molecular weight is 292 g/mol. The highest BCUT2D eigenvalue weighted by Gasteiger charge is 2.26. The van der Waals surface area contributed by atoms with Gasteiger partial charge in [-0.15, -0.1) is 0 Å². The Hall–Kier alpha value is -1.63. The van der Waals surface area contributed by atoms with Crippen LogP contribution in [0.3, 0.4) is 0 Å². The Kier molecular flexibility index (Phi) is 4.10. The predicted octanol–water partition coefficient (Wildman–Crippen LogP) is 1.20. The van der Waals surface area contributed by atoms with E-state index in [1.165, 1.54) is 4.57 Å². The zero-order valence-corrected chi connectivity index (χ0v) is 12.3. The summed E-state index contributed by atoms with van der Waals surface area (Å²) >= 11 is 0. The minimum Gasteiger partial charge on any atom is -0.408 e. The van der Waals surface area contributed by atoms with Crippen LogP contribution in [0.5, 0.6) is 0 Å². The van der Waals surface area contributed by atoms with Gasteiger partial charge in [0, 0.05) is 7.05 Å². The first-order chi connectivity index (χ1) is 10.2. The van der Waals surface area contributed by atoms with E-state index in [0.29, 0.717) is 25.4 Å². The van der Waals surface area contributed by atoms with Crippen molar-refractivity contribution in [1.29, 1.82) is 0 Å². The molecule has 2 aromatic rings. The molecule has 0 saturated carbocycles. The molecule has 0 radical (unpaired) electrons. The number of fused-ring (bicyclic) bond motifs is 1. The number of hydrogen-bond acceptors (Lipinski definition) is 5. The van der Waals surface area contributed by atoms with Gasteiger partial charge < -0.3 is 19.2 Å². The molecule has 0 bridgehead atoms. The van der Waals surface area contributed by atoms with Gasteiger partial charge in [0.25, 0.3) is 0 Å². The highest BCUT2D eigenvalue weighted by atomic mass is 16.6. The summed E-state index contributed by atoms with van der Waals surface area (Å²) in [6, 6.07) is 5.83. The third kappa shape index (κ3) is 2.74. The zero-order chi connectivity index (χ0) is 14.8. The Labute approximate surface area is 122 Å². The molecule has 2 unspecified atom stereocenters. The number of hydrogen-bond donors (Lipinski definition) is 1. The number of benzene rings is 1. The number of rotatable bonds is 4. The van der Waals surface area contributed by atoms with E-state index < -0.39 is 0 Å². The highest BCUT2D eigenvalue weighted by Crippen LogP contribution is 2.25. The molecule has 21 heavy (non-hydrogen) atoms. The summed E-state index contributed by atoms with van der Waals surface area (Å²) in [6.45, 7) is 4.69. The Morgan fingerprint density at radius 1 is 1.43 bits per heavy atom. The van der Waals surface area contributed by atoms with Gasteiger partial charge >= 0.3 is 5.76 Å². The molecule has 0 amide bonds. The van der Waals surface area contributed by atoms with Crippen LogP contribution in [-0.2, 0) is 16.5 Å². The Morgan fingerprint density at radius 3 is 3.00 bits per heavy atom. The van der Waals surface area contributed by atoms with Crippen molar-refractivity contribution in [2.24, 2.45) is 7.05 Å². The maximum absolute atomic E-state index is 11.6. The molecule has 114 valence electrons. The van der Waals surface area contributed by atoms with Gasteiger partial charge in [0.05, 0.1) is 31.4 Å². The van der Waals surface area contributed by atoms with Gasteiger partial charge in [-0.3, -0.25) is 4.57 Å². The van der Waals surface area contributed by atoms with Gasteiger partial charge in [0.1, 0.15) is 6.10 Å². The van der Waals surface area contributed by atoms with Gasteiger partial charge in [-0.2, -0.15) is 0 Å². The van der Waals surface area contributed by atoms with Gasteiger partial charge in [-0.25, -0.2) is 4.79 Å². The largest absolute Gasteiger partial charge is 0.419 e. The Bertz CT molecular complexity index is 670. The van der Waals surface area contributed by atoms with Crippen molar-refractivity contribution in [2.45, 2.75) is 19.1 Å². The van der Waals surface area contributed by atoms with Crippen molar-refractivity contribution in [2.75, 3.05) is 26.4 Å². The summed E-state index contributed by atoms with van der Waals surface area (Å²) in [7, 11) is 1.70. The van der Waals surface area contributed by atoms with Crippen LogP contribution in [-0.4, -0.2) is 37.0 Å². The van der Waals surface area contributed by atoms with Crippen LogP contribution in [0, 0.1) is 0 Å². The summed E-state index contributed by atoms with van der Waals surface area (Å²) < 4.78 is 18.1. The number of aryl methyl sites for hydroxylation is 1. The van der Waals surface area contributed by atoms with Gasteiger partial charge in [-0.1, -0.05) is 13.0 Å². The fraction of sp³-hybridized carbons (Fsp3) is 0.533. The van der Waals surface area contributed by atoms with Crippen LogP contribution in [0.15, 0.2) is 27.4 Å². The molecule has 1 aliphatic rings. The third-order valence-electron chi connectivity index (χ3n) is 3.81. The van der Waals surface area contributed by atoms with E-state index >= 15 is 0 Å². The smallest absolute Gasteiger partial charge is 0.408 e. The second-order valence-corrected chi connectivity index (χ2v) is 5.17.